The van der Waals surface area contributed by atoms with Crippen molar-refractivity contribution >= 4 is 5.91 Å². The Hall–Kier alpha value is -2.47. The largest absolute Gasteiger partial charge is 0.334 e. The van der Waals surface area contributed by atoms with Crippen molar-refractivity contribution in [3.8, 4) is 0 Å². The Bertz CT molecular complexity index is 849. The number of benzene rings is 1. The first-order chi connectivity index (χ1) is 12.6. The van der Waals surface area contributed by atoms with Crippen molar-refractivity contribution < 1.29 is 9.18 Å². The van der Waals surface area contributed by atoms with Crippen molar-refractivity contribution in [2.24, 2.45) is 5.92 Å². The van der Waals surface area contributed by atoms with Gasteiger partial charge in [-0.15, -0.1) is 0 Å². The van der Waals surface area contributed by atoms with Gasteiger partial charge in [-0.25, -0.2) is 4.39 Å². The zero-order chi connectivity index (χ0) is 18.1. The van der Waals surface area contributed by atoms with Crippen molar-refractivity contribution in [1.82, 2.24) is 14.8 Å². The van der Waals surface area contributed by atoms with Crippen molar-refractivity contribution in [3.63, 3.8) is 0 Å². The summed E-state index contributed by atoms with van der Waals surface area (Å²) in [6.45, 7) is 3.14. The van der Waals surface area contributed by atoms with E-state index in [2.05, 4.69) is 9.88 Å². The van der Waals surface area contributed by atoms with Gasteiger partial charge in [0.25, 0.3) is 11.5 Å². The number of hydrogen-bond donors (Lipinski definition) is 1. The summed E-state index contributed by atoms with van der Waals surface area (Å²) >= 11 is 0. The fraction of sp³-hybridized carbons (Fsp3) is 0.400. The fourth-order valence-corrected chi connectivity index (χ4v) is 4.15. The van der Waals surface area contributed by atoms with Gasteiger partial charge in [0.15, 0.2) is 0 Å². The van der Waals surface area contributed by atoms with E-state index in [0.717, 1.165) is 38.0 Å². The number of aromatic nitrogens is 1. The number of hydrogen-bond acceptors (Lipinski definition) is 3. The quantitative estimate of drug-likeness (QED) is 0.919. The van der Waals surface area contributed by atoms with E-state index in [4.69, 9.17) is 0 Å². The van der Waals surface area contributed by atoms with E-state index >= 15 is 0 Å². The number of nitrogens with zero attached hydrogens (tertiary/aromatic N) is 2. The second-order valence-corrected chi connectivity index (χ2v) is 7.29. The SMILES string of the molecule is O=C(c1ccc[nH]c1=O)N1C[C@H]2CC[C@@H]1CN(Cc1ccc(F)cc1)C2. The molecule has 3 aliphatic heterocycles. The highest BCUT2D eigenvalue weighted by Gasteiger charge is 2.37. The van der Waals surface area contributed by atoms with Crippen molar-refractivity contribution in [1.29, 1.82) is 0 Å². The number of carbonyl (C=O) groups excluding carboxylic acids is 1. The second kappa shape index (κ2) is 7.03. The minimum atomic E-state index is -0.333. The molecule has 2 atom stereocenters. The van der Waals surface area contributed by atoms with E-state index in [-0.39, 0.29) is 28.9 Å². The maximum Gasteiger partial charge on any atom is 0.260 e. The number of H-pyrrole nitrogens is 1. The number of halogens is 1. The molecule has 0 unspecified atom stereocenters. The summed E-state index contributed by atoms with van der Waals surface area (Å²) < 4.78 is 13.1. The zero-order valence-corrected chi connectivity index (χ0v) is 14.5. The molecule has 0 aliphatic carbocycles. The molecule has 1 N–H and O–H groups in total. The molecule has 3 aliphatic rings. The molecule has 3 fully saturated rings. The topological polar surface area (TPSA) is 56.4 Å². The second-order valence-electron chi connectivity index (χ2n) is 7.29. The molecule has 4 heterocycles. The minimum absolute atomic E-state index is 0.112. The highest BCUT2D eigenvalue weighted by molar-refractivity contribution is 5.94. The molecule has 2 aromatic rings. The van der Waals surface area contributed by atoms with Crippen LogP contribution in [0.1, 0.15) is 28.8 Å². The molecular weight excluding hydrogens is 333 g/mol. The Morgan fingerprint density at radius 2 is 1.92 bits per heavy atom. The predicted octanol–water partition coefficient (Wildman–Crippen LogP) is 2.25. The molecule has 3 saturated heterocycles. The smallest absolute Gasteiger partial charge is 0.260 e. The third-order valence-electron chi connectivity index (χ3n) is 5.42. The number of piperidine rings is 1. The molecule has 0 saturated carbocycles. The molecule has 1 aromatic carbocycles. The van der Waals surface area contributed by atoms with E-state index in [1.165, 1.54) is 18.3 Å². The van der Waals surface area contributed by atoms with Gasteiger partial charge in [0, 0.05) is 38.4 Å². The summed E-state index contributed by atoms with van der Waals surface area (Å²) in [5, 5.41) is 0. The fourth-order valence-electron chi connectivity index (χ4n) is 4.15. The van der Waals surface area contributed by atoms with Gasteiger partial charge >= 0.3 is 0 Å². The van der Waals surface area contributed by atoms with Gasteiger partial charge in [-0.2, -0.15) is 0 Å². The molecule has 0 radical (unpaired) electrons. The maximum absolute atomic E-state index is 13.1. The Labute approximate surface area is 151 Å². The molecule has 2 bridgehead atoms. The zero-order valence-electron chi connectivity index (χ0n) is 14.5. The first-order valence-corrected chi connectivity index (χ1v) is 9.05. The highest BCUT2D eigenvalue weighted by atomic mass is 19.1. The summed E-state index contributed by atoms with van der Waals surface area (Å²) in [5.41, 5.74) is 0.955. The van der Waals surface area contributed by atoms with Gasteiger partial charge in [0.1, 0.15) is 11.4 Å². The Morgan fingerprint density at radius 3 is 2.69 bits per heavy atom. The number of pyridine rings is 1. The van der Waals surface area contributed by atoms with Crippen LogP contribution in [0.2, 0.25) is 0 Å². The number of rotatable bonds is 3. The summed E-state index contributed by atoms with van der Waals surface area (Å²) in [6, 6.07) is 9.99. The third-order valence-corrected chi connectivity index (χ3v) is 5.42. The molecule has 5 nitrogen and oxygen atoms in total. The van der Waals surface area contributed by atoms with Gasteiger partial charge in [-0.05, 0) is 48.6 Å². The molecule has 136 valence electrons. The van der Waals surface area contributed by atoms with E-state index in [1.54, 1.807) is 12.1 Å². The number of nitrogens with one attached hydrogen (secondary N) is 1. The molecule has 0 spiro atoms. The Kier molecular flexibility index (Phi) is 4.59. The number of aromatic amines is 1. The average Bonchev–Trinajstić information content (AvgIpc) is 2.94. The van der Waals surface area contributed by atoms with Crippen molar-refractivity contribution in [2.45, 2.75) is 25.4 Å². The van der Waals surface area contributed by atoms with Gasteiger partial charge in [0.05, 0.1) is 0 Å². The average molecular weight is 355 g/mol. The van der Waals surface area contributed by atoms with E-state index in [0.29, 0.717) is 12.5 Å². The summed E-state index contributed by atoms with van der Waals surface area (Å²) in [5.74, 6) is 0.000616. The van der Waals surface area contributed by atoms with Crippen LogP contribution in [0.3, 0.4) is 0 Å². The number of carbonyl (C=O) groups is 1. The third kappa shape index (κ3) is 3.42. The van der Waals surface area contributed by atoms with Crippen LogP contribution in [0.15, 0.2) is 47.4 Å². The lowest BCUT2D eigenvalue weighted by Crippen LogP contribution is -2.48. The normalized spacial score (nSPS) is 23.0. The van der Waals surface area contributed by atoms with Gasteiger partial charge in [-0.3, -0.25) is 14.5 Å². The lowest BCUT2D eigenvalue weighted by atomic mass is 9.94. The molecular formula is C20H22FN3O2. The summed E-state index contributed by atoms with van der Waals surface area (Å²) in [7, 11) is 0. The van der Waals surface area contributed by atoms with Crippen LogP contribution < -0.4 is 5.56 Å². The van der Waals surface area contributed by atoms with Crippen LogP contribution in [-0.4, -0.2) is 46.4 Å². The summed E-state index contributed by atoms with van der Waals surface area (Å²) in [6.07, 6.45) is 3.60. The first kappa shape index (κ1) is 17.0. The lowest BCUT2D eigenvalue weighted by Gasteiger charge is -2.36. The van der Waals surface area contributed by atoms with Crippen LogP contribution in [0, 0.1) is 11.7 Å². The van der Waals surface area contributed by atoms with Crippen LogP contribution in [-0.2, 0) is 6.54 Å². The monoisotopic (exact) mass is 355 g/mol. The maximum atomic E-state index is 13.1. The molecule has 5 rings (SSSR count). The molecule has 1 amide bonds. The van der Waals surface area contributed by atoms with E-state index in [1.807, 2.05) is 17.0 Å². The molecule has 1 aromatic heterocycles. The summed E-state index contributed by atoms with van der Waals surface area (Å²) in [4.78, 5) is 31.7. The van der Waals surface area contributed by atoms with E-state index < -0.39 is 0 Å². The van der Waals surface area contributed by atoms with Crippen LogP contribution in [0.25, 0.3) is 0 Å². The van der Waals surface area contributed by atoms with Gasteiger partial charge in [0.2, 0.25) is 0 Å². The number of amides is 1. The number of fused-ring (bicyclic) bond motifs is 4. The standard InChI is InChI=1S/C20H22FN3O2/c21-16-6-3-14(4-7-16)10-23-11-15-5-8-17(13-23)24(12-15)20(26)18-2-1-9-22-19(18)25/h1-4,6-7,9,15,17H,5,8,10-13H2,(H,22,25)/t15-,17+/m0/s1. The molecule has 26 heavy (non-hydrogen) atoms. The Balaban J connectivity index is 1.51. The van der Waals surface area contributed by atoms with Crippen LogP contribution in [0.5, 0.6) is 0 Å². The van der Waals surface area contributed by atoms with Gasteiger partial charge < -0.3 is 9.88 Å². The minimum Gasteiger partial charge on any atom is -0.334 e. The highest BCUT2D eigenvalue weighted by Crippen LogP contribution is 2.29. The predicted molar refractivity (Wildman–Crippen MR) is 96.3 cm³/mol. The van der Waals surface area contributed by atoms with E-state index in [9.17, 15) is 14.0 Å². The Morgan fingerprint density at radius 1 is 1.12 bits per heavy atom. The van der Waals surface area contributed by atoms with Crippen LogP contribution in [0.4, 0.5) is 4.39 Å². The van der Waals surface area contributed by atoms with Crippen molar-refractivity contribution in [2.75, 3.05) is 19.6 Å². The van der Waals surface area contributed by atoms with Gasteiger partial charge in [-0.1, -0.05) is 12.1 Å². The van der Waals surface area contributed by atoms with Crippen LogP contribution >= 0.6 is 0 Å². The first-order valence-electron chi connectivity index (χ1n) is 9.05. The lowest BCUT2D eigenvalue weighted by molar-refractivity contribution is 0.0583. The molecule has 6 heteroatoms. The van der Waals surface area contributed by atoms with Crippen molar-refractivity contribution in [3.05, 3.63) is 69.9 Å².